The second-order valence-corrected chi connectivity index (χ2v) is 8.15. The molecule has 2 amide bonds. The summed E-state index contributed by atoms with van der Waals surface area (Å²) in [4.78, 5) is 29.8. The summed E-state index contributed by atoms with van der Waals surface area (Å²) in [6, 6.07) is 15.8. The second kappa shape index (κ2) is 9.12. The molecule has 0 aromatic heterocycles. The number of para-hydroxylation sites is 1. The highest BCUT2D eigenvalue weighted by molar-refractivity contribution is 5.99. The normalized spacial score (nSPS) is 13.4. The Kier molecular flexibility index (Phi) is 6.57. The predicted octanol–water partition coefficient (Wildman–Crippen LogP) is 4.02. The third-order valence-corrected chi connectivity index (χ3v) is 5.16. The summed E-state index contributed by atoms with van der Waals surface area (Å²) in [7, 11) is 0. The largest absolute Gasteiger partial charge is 0.362 e. The first-order chi connectivity index (χ1) is 13.9. The van der Waals surface area contributed by atoms with Crippen LogP contribution in [0.15, 0.2) is 48.5 Å². The van der Waals surface area contributed by atoms with E-state index in [2.05, 4.69) is 10.2 Å². The molecule has 0 radical (unpaired) electrons. The summed E-state index contributed by atoms with van der Waals surface area (Å²) >= 11 is 0. The van der Waals surface area contributed by atoms with Crippen LogP contribution in [-0.4, -0.2) is 37.0 Å². The Labute approximate surface area is 173 Å². The molecule has 5 nitrogen and oxygen atoms in total. The maximum atomic E-state index is 13.2. The fourth-order valence-corrected chi connectivity index (χ4v) is 3.98. The van der Waals surface area contributed by atoms with Crippen LogP contribution in [0, 0.1) is 0 Å². The molecular weight excluding hydrogens is 362 g/mol. The zero-order valence-corrected chi connectivity index (χ0v) is 17.8. The monoisotopic (exact) mass is 393 g/mol. The lowest BCUT2D eigenvalue weighted by Crippen LogP contribution is -2.45. The van der Waals surface area contributed by atoms with Crippen molar-refractivity contribution in [3.05, 3.63) is 59.7 Å². The van der Waals surface area contributed by atoms with Gasteiger partial charge in [-0.25, -0.2) is 0 Å². The lowest BCUT2D eigenvalue weighted by atomic mass is 9.95. The third-order valence-electron chi connectivity index (χ3n) is 5.16. The van der Waals surface area contributed by atoms with E-state index in [1.54, 1.807) is 0 Å². The van der Waals surface area contributed by atoms with Crippen molar-refractivity contribution < 1.29 is 9.59 Å². The smallest absolute Gasteiger partial charge is 0.251 e. The van der Waals surface area contributed by atoms with Crippen molar-refractivity contribution in [3.8, 4) is 0 Å². The van der Waals surface area contributed by atoms with E-state index in [0.717, 1.165) is 41.9 Å². The Morgan fingerprint density at radius 2 is 1.76 bits per heavy atom. The van der Waals surface area contributed by atoms with Gasteiger partial charge in [0.1, 0.15) is 0 Å². The van der Waals surface area contributed by atoms with Crippen molar-refractivity contribution in [2.24, 2.45) is 0 Å². The summed E-state index contributed by atoms with van der Waals surface area (Å²) in [5, 5.41) is 2.99. The minimum Gasteiger partial charge on any atom is -0.362 e. The van der Waals surface area contributed by atoms with Crippen molar-refractivity contribution in [3.63, 3.8) is 0 Å². The number of hydrogen-bond acceptors (Lipinski definition) is 3. The molecule has 2 aromatic carbocycles. The summed E-state index contributed by atoms with van der Waals surface area (Å²) < 4.78 is 0. The van der Waals surface area contributed by atoms with Gasteiger partial charge in [-0.05, 0) is 70.4 Å². The Balaban J connectivity index is 1.85. The molecule has 0 bridgehead atoms. The van der Waals surface area contributed by atoms with Gasteiger partial charge in [0.05, 0.1) is 6.54 Å². The van der Waals surface area contributed by atoms with E-state index < -0.39 is 0 Å². The zero-order chi connectivity index (χ0) is 21.0. The van der Waals surface area contributed by atoms with Crippen LogP contribution < -0.4 is 15.1 Å². The molecular formula is C24H31N3O2. The van der Waals surface area contributed by atoms with E-state index in [4.69, 9.17) is 0 Å². The number of amides is 2. The highest BCUT2D eigenvalue weighted by Gasteiger charge is 2.26. The van der Waals surface area contributed by atoms with Gasteiger partial charge in [0, 0.05) is 35.6 Å². The first kappa shape index (κ1) is 20.9. The molecule has 0 saturated heterocycles. The summed E-state index contributed by atoms with van der Waals surface area (Å²) in [6.07, 6.45) is 1.79. The summed E-state index contributed by atoms with van der Waals surface area (Å²) in [5.74, 6) is 0.0224. The molecule has 0 unspecified atom stereocenters. The van der Waals surface area contributed by atoms with Crippen LogP contribution >= 0.6 is 0 Å². The van der Waals surface area contributed by atoms with Gasteiger partial charge in [0.15, 0.2) is 0 Å². The number of rotatable bonds is 6. The topological polar surface area (TPSA) is 52.7 Å². The SMILES string of the molecule is CC(C)NC(=O)c1cccc2c1CCCN2CC(=O)N(c1ccccc1)C(C)C. The average molecular weight is 394 g/mol. The number of carbonyl (C=O) groups is 2. The molecule has 2 aromatic rings. The molecule has 29 heavy (non-hydrogen) atoms. The Bertz CT molecular complexity index is 862. The quantitative estimate of drug-likeness (QED) is 0.806. The fourth-order valence-electron chi connectivity index (χ4n) is 3.98. The van der Waals surface area contributed by atoms with Crippen LogP contribution in [0.25, 0.3) is 0 Å². The first-order valence-electron chi connectivity index (χ1n) is 10.4. The van der Waals surface area contributed by atoms with Gasteiger partial charge < -0.3 is 15.1 Å². The van der Waals surface area contributed by atoms with Crippen molar-refractivity contribution in [1.82, 2.24) is 5.32 Å². The molecule has 0 aliphatic carbocycles. The fraction of sp³-hybridized carbons (Fsp3) is 0.417. The maximum absolute atomic E-state index is 13.2. The van der Waals surface area contributed by atoms with Crippen LogP contribution in [0.5, 0.6) is 0 Å². The predicted molar refractivity (Wildman–Crippen MR) is 119 cm³/mol. The van der Waals surface area contributed by atoms with Crippen LogP contribution in [-0.2, 0) is 11.2 Å². The highest BCUT2D eigenvalue weighted by atomic mass is 16.2. The van der Waals surface area contributed by atoms with Crippen LogP contribution in [0.3, 0.4) is 0 Å². The van der Waals surface area contributed by atoms with E-state index in [1.807, 2.05) is 81.1 Å². The molecule has 0 fully saturated rings. The van der Waals surface area contributed by atoms with E-state index in [0.29, 0.717) is 6.54 Å². The first-order valence-corrected chi connectivity index (χ1v) is 10.4. The van der Waals surface area contributed by atoms with Crippen molar-refractivity contribution in [2.45, 2.75) is 52.6 Å². The zero-order valence-electron chi connectivity index (χ0n) is 17.8. The van der Waals surface area contributed by atoms with Crippen molar-refractivity contribution in [2.75, 3.05) is 22.9 Å². The molecule has 154 valence electrons. The standard InChI is InChI=1S/C24H31N3O2/c1-17(2)25-24(29)21-12-8-14-22-20(21)13-9-15-26(22)16-23(28)27(18(3)4)19-10-6-5-7-11-19/h5-8,10-12,14,17-18H,9,13,15-16H2,1-4H3,(H,25,29). The summed E-state index contributed by atoms with van der Waals surface area (Å²) in [6.45, 7) is 9.10. The molecule has 1 N–H and O–H groups in total. The van der Waals surface area contributed by atoms with Gasteiger partial charge in [-0.1, -0.05) is 24.3 Å². The molecule has 1 heterocycles. The lowest BCUT2D eigenvalue weighted by Gasteiger charge is -2.35. The lowest BCUT2D eigenvalue weighted by molar-refractivity contribution is -0.117. The summed E-state index contributed by atoms with van der Waals surface area (Å²) in [5.41, 5.74) is 3.67. The van der Waals surface area contributed by atoms with E-state index in [9.17, 15) is 9.59 Å². The van der Waals surface area contributed by atoms with Gasteiger partial charge in [0.25, 0.3) is 5.91 Å². The van der Waals surface area contributed by atoms with Crippen molar-refractivity contribution in [1.29, 1.82) is 0 Å². The van der Waals surface area contributed by atoms with Gasteiger partial charge in [-0.3, -0.25) is 9.59 Å². The highest BCUT2D eigenvalue weighted by Crippen LogP contribution is 2.30. The van der Waals surface area contributed by atoms with Gasteiger partial charge in [-0.15, -0.1) is 0 Å². The molecule has 3 rings (SSSR count). The van der Waals surface area contributed by atoms with Crippen LogP contribution in [0.4, 0.5) is 11.4 Å². The maximum Gasteiger partial charge on any atom is 0.251 e. The Morgan fingerprint density at radius 3 is 2.41 bits per heavy atom. The minimum atomic E-state index is -0.0434. The van der Waals surface area contributed by atoms with Gasteiger partial charge in [0.2, 0.25) is 5.91 Å². The van der Waals surface area contributed by atoms with E-state index in [-0.39, 0.29) is 23.9 Å². The van der Waals surface area contributed by atoms with E-state index >= 15 is 0 Å². The van der Waals surface area contributed by atoms with Crippen LogP contribution in [0.1, 0.15) is 50.0 Å². The molecule has 0 atom stereocenters. The molecule has 1 aliphatic heterocycles. The van der Waals surface area contributed by atoms with Crippen LogP contribution in [0.2, 0.25) is 0 Å². The number of anilines is 2. The van der Waals surface area contributed by atoms with E-state index in [1.165, 1.54) is 0 Å². The molecule has 5 heteroatoms. The Hall–Kier alpha value is -2.82. The van der Waals surface area contributed by atoms with Gasteiger partial charge in [-0.2, -0.15) is 0 Å². The molecule has 1 aliphatic rings. The third kappa shape index (κ3) is 4.78. The number of benzene rings is 2. The average Bonchev–Trinajstić information content (AvgIpc) is 2.68. The number of hydrogen-bond donors (Lipinski definition) is 1. The minimum absolute atomic E-state index is 0.0434. The van der Waals surface area contributed by atoms with Crippen molar-refractivity contribution >= 4 is 23.2 Å². The second-order valence-electron chi connectivity index (χ2n) is 8.15. The number of nitrogens with zero attached hydrogens (tertiary/aromatic N) is 2. The molecule has 0 spiro atoms. The van der Waals surface area contributed by atoms with Gasteiger partial charge >= 0.3 is 0 Å². The molecule has 0 saturated carbocycles. The number of fused-ring (bicyclic) bond motifs is 1. The number of carbonyl (C=O) groups excluding carboxylic acids is 2. The Morgan fingerprint density at radius 1 is 1.03 bits per heavy atom. The number of nitrogens with one attached hydrogen (secondary N) is 1.